The van der Waals surface area contributed by atoms with Crippen LogP contribution in [0.25, 0.3) is 0 Å². The molecule has 0 saturated carbocycles. The quantitative estimate of drug-likeness (QED) is 0.909. The molecule has 0 aliphatic carbocycles. The number of hydrogen-bond acceptors (Lipinski definition) is 3. The summed E-state index contributed by atoms with van der Waals surface area (Å²) in [5.41, 5.74) is 6.91. The van der Waals surface area contributed by atoms with Crippen molar-refractivity contribution in [3.63, 3.8) is 0 Å². The molecule has 1 aromatic heterocycles. The monoisotopic (exact) mass is 294 g/mol. The maximum absolute atomic E-state index is 12.0. The van der Waals surface area contributed by atoms with Crippen LogP contribution in [0, 0.1) is 0 Å². The molecule has 5 heteroatoms. The number of nitrogens with two attached hydrogens (primary N) is 1. The van der Waals surface area contributed by atoms with Gasteiger partial charge in [-0.1, -0.05) is 29.8 Å². The van der Waals surface area contributed by atoms with E-state index >= 15 is 0 Å². The van der Waals surface area contributed by atoms with E-state index < -0.39 is 6.04 Å². The Morgan fingerprint density at radius 3 is 2.58 bits per heavy atom. The molecule has 0 spiro atoms. The third-order valence-electron chi connectivity index (χ3n) is 2.86. The number of amides is 1. The number of carbonyl (C=O) groups is 1. The van der Waals surface area contributed by atoms with Crippen LogP contribution >= 0.6 is 22.9 Å². The van der Waals surface area contributed by atoms with Crippen molar-refractivity contribution in [1.29, 1.82) is 0 Å². The first-order valence-electron chi connectivity index (χ1n) is 5.93. The van der Waals surface area contributed by atoms with E-state index in [2.05, 4.69) is 5.32 Å². The first-order chi connectivity index (χ1) is 9.08. The van der Waals surface area contributed by atoms with E-state index in [0.717, 1.165) is 10.4 Å². The summed E-state index contributed by atoms with van der Waals surface area (Å²) in [6.45, 7) is 1.92. The summed E-state index contributed by atoms with van der Waals surface area (Å²) < 4.78 is 0. The van der Waals surface area contributed by atoms with Crippen molar-refractivity contribution in [2.24, 2.45) is 5.73 Å². The summed E-state index contributed by atoms with van der Waals surface area (Å²) in [6, 6.07) is 10.4. The molecule has 100 valence electrons. The van der Waals surface area contributed by atoms with Crippen molar-refractivity contribution in [1.82, 2.24) is 5.32 Å². The third-order valence-corrected chi connectivity index (χ3v) is 4.07. The lowest BCUT2D eigenvalue weighted by Gasteiger charge is -2.17. The normalized spacial score (nSPS) is 13.8. The molecule has 1 unspecified atom stereocenters. The van der Waals surface area contributed by atoms with Crippen LogP contribution in [0.5, 0.6) is 0 Å². The molecule has 2 atom stereocenters. The largest absolute Gasteiger partial charge is 0.348 e. The fraction of sp³-hybridized carbons (Fsp3) is 0.214. The second-order valence-electron chi connectivity index (χ2n) is 4.27. The lowest BCUT2D eigenvalue weighted by Crippen LogP contribution is -2.35. The van der Waals surface area contributed by atoms with Crippen LogP contribution in [0.15, 0.2) is 41.8 Å². The topological polar surface area (TPSA) is 55.1 Å². The molecule has 3 nitrogen and oxygen atoms in total. The zero-order chi connectivity index (χ0) is 13.8. The minimum atomic E-state index is -0.616. The number of benzene rings is 1. The number of thiophene rings is 1. The zero-order valence-electron chi connectivity index (χ0n) is 10.5. The first kappa shape index (κ1) is 14.1. The lowest BCUT2D eigenvalue weighted by atomic mass is 10.1. The van der Waals surface area contributed by atoms with Gasteiger partial charge in [0.1, 0.15) is 6.04 Å². The Kier molecular flexibility index (Phi) is 4.58. The minimum Gasteiger partial charge on any atom is -0.348 e. The van der Waals surface area contributed by atoms with Crippen molar-refractivity contribution in [2.75, 3.05) is 0 Å². The zero-order valence-corrected chi connectivity index (χ0v) is 12.0. The molecular weight excluding hydrogens is 280 g/mol. The Balaban J connectivity index is 2.00. The highest BCUT2D eigenvalue weighted by Gasteiger charge is 2.18. The van der Waals surface area contributed by atoms with Gasteiger partial charge in [-0.25, -0.2) is 0 Å². The van der Waals surface area contributed by atoms with Gasteiger partial charge in [-0.15, -0.1) is 11.3 Å². The minimum absolute atomic E-state index is 0.101. The van der Waals surface area contributed by atoms with Gasteiger partial charge in [0, 0.05) is 9.90 Å². The van der Waals surface area contributed by atoms with Crippen molar-refractivity contribution in [3.05, 3.63) is 57.2 Å². The van der Waals surface area contributed by atoms with Crippen LogP contribution in [0.2, 0.25) is 5.02 Å². The van der Waals surface area contributed by atoms with Crippen molar-refractivity contribution >= 4 is 28.8 Å². The van der Waals surface area contributed by atoms with Crippen LogP contribution in [0.4, 0.5) is 0 Å². The van der Waals surface area contributed by atoms with Crippen molar-refractivity contribution < 1.29 is 4.79 Å². The summed E-state index contributed by atoms with van der Waals surface area (Å²) in [7, 11) is 0. The lowest BCUT2D eigenvalue weighted by molar-refractivity contribution is -0.123. The molecule has 1 amide bonds. The fourth-order valence-electron chi connectivity index (χ4n) is 1.74. The van der Waals surface area contributed by atoms with Crippen LogP contribution in [0.3, 0.4) is 0 Å². The van der Waals surface area contributed by atoms with E-state index in [9.17, 15) is 4.79 Å². The smallest absolute Gasteiger partial charge is 0.242 e. The molecule has 2 aromatic rings. The van der Waals surface area contributed by atoms with Gasteiger partial charge in [0.2, 0.25) is 5.91 Å². The Morgan fingerprint density at radius 2 is 2.00 bits per heavy atom. The Labute approximate surface area is 121 Å². The third kappa shape index (κ3) is 3.56. The molecule has 0 saturated heterocycles. The van der Waals surface area contributed by atoms with Gasteiger partial charge in [0.15, 0.2) is 0 Å². The predicted octanol–water partition coefficient (Wildman–Crippen LogP) is 3.28. The maximum Gasteiger partial charge on any atom is 0.242 e. The second-order valence-corrected chi connectivity index (χ2v) is 5.69. The number of nitrogens with one attached hydrogen (secondary N) is 1. The summed E-state index contributed by atoms with van der Waals surface area (Å²) in [6.07, 6.45) is 0. The van der Waals surface area contributed by atoms with E-state index in [1.165, 1.54) is 11.3 Å². The van der Waals surface area contributed by atoms with Crippen LogP contribution < -0.4 is 11.1 Å². The van der Waals surface area contributed by atoms with Gasteiger partial charge in [-0.3, -0.25) is 4.79 Å². The molecule has 1 aromatic carbocycles. The number of halogens is 1. The number of rotatable bonds is 4. The van der Waals surface area contributed by atoms with Gasteiger partial charge in [-0.2, -0.15) is 0 Å². The molecule has 0 bridgehead atoms. The molecule has 3 N–H and O–H groups in total. The van der Waals surface area contributed by atoms with Gasteiger partial charge in [0.25, 0.3) is 0 Å². The summed E-state index contributed by atoms with van der Waals surface area (Å²) in [5, 5.41) is 5.49. The second kappa shape index (κ2) is 6.19. The highest BCUT2D eigenvalue weighted by Crippen LogP contribution is 2.20. The Bertz CT molecular complexity index is 539. The number of hydrogen-bond donors (Lipinski definition) is 2. The fourth-order valence-corrected chi connectivity index (χ4v) is 2.59. The average molecular weight is 295 g/mol. The van der Waals surface area contributed by atoms with Gasteiger partial charge < -0.3 is 11.1 Å². The van der Waals surface area contributed by atoms with Crippen LogP contribution in [-0.2, 0) is 4.79 Å². The van der Waals surface area contributed by atoms with Crippen molar-refractivity contribution in [3.8, 4) is 0 Å². The van der Waals surface area contributed by atoms with E-state index in [4.69, 9.17) is 17.3 Å². The summed E-state index contributed by atoms with van der Waals surface area (Å²) in [4.78, 5) is 12.9. The van der Waals surface area contributed by atoms with Gasteiger partial charge >= 0.3 is 0 Å². The standard InChI is InChI=1S/C14H15ClN2OS/c1-9(10-4-6-11(15)7-5-10)17-14(18)13(16)12-3-2-8-19-12/h2-9,13H,16H2,1H3,(H,17,18)/t9-,13?/m0/s1. The predicted molar refractivity (Wildman–Crippen MR) is 79.3 cm³/mol. The highest BCUT2D eigenvalue weighted by molar-refractivity contribution is 7.10. The summed E-state index contributed by atoms with van der Waals surface area (Å²) in [5.74, 6) is -0.176. The highest BCUT2D eigenvalue weighted by atomic mass is 35.5. The molecule has 0 fully saturated rings. The van der Waals surface area contributed by atoms with E-state index in [1.54, 1.807) is 12.1 Å². The molecular formula is C14H15ClN2OS. The molecule has 0 radical (unpaired) electrons. The molecule has 1 heterocycles. The van der Waals surface area contributed by atoms with E-state index in [-0.39, 0.29) is 11.9 Å². The van der Waals surface area contributed by atoms with Crippen molar-refractivity contribution in [2.45, 2.75) is 19.0 Å². The average Bonchev–Trinajstić information content (AvgIpc) is 2.92. The molecule has 0 aliphatic heterocycles. The SMILES string of the molecule is C[C@H](NC(=O)C(N)c1cccs1)c1ccc(Cl)cc1. The number of carbonyl (C=O) groups excluding carboxylic acids is 1. The molecule has 2 rings (SSSR count). The molecule has 0 aliphatic rings. The van der Waals surface area contributed by atoms with Gasteiger partial charge in [-0.05, 0) is 36.1 Å². The Morgan fingerprint density at radius 1 is 1.32 bits per heavy atom. The van der Waals surface area contributed by atoms with Crippen LogP contribution in [-0.4, -0.2) is 5.91 Å². The van der Waals surface area contributed by atoms with E-state index in [1.807, 2.05) is 36.6 Å². The van der Waals surface area contributed by atoms with Gasteiger partial charge in [0.05, 0.1) is 6.04 Å². The Hall–Kier alpha value is -1.36. The molecule has 19 heavy (non-hydrogen) atoms. The maximum atomic E-state index is 12.0. The summed E-state index contributed by atoms with van der Waals surface area (Å²) >= 11 is 7.32. The first-order valence-corrected chi connectivity index (χ1v) is 7.18. The van der Waals surface area contributed by atoms with Crippen LogP contribution in [0.1, 0.15) is 29.4 Å². The van der Waals surface area contributed by atoms with E-state index in [0.29, 0.717) is 5.02 Å².